The summed E-state index contributed by atoms with van der Waals surface area (Å²) >= 11 is 0. The van der Waals surface area contributed by atoms with E-state index < -0.39 is 0 Å². The van der Waals surface area contributed by atoms with Crippen LogP contribution >= 0.6 is 0 Å². The molecule has 0 atom stereocenters. The van der Waals surface area contributed by atoms with Crippen LogP contribution in [0.5, 0.6) is 0 Å². The Labute approximate surface area is 116 Å². The van der Waals surface area contributed by atoms with Gasteiger partial charge in [-0.15, -0.1) is 0 Å². The van der Waals surface area contributed by atoms with Crippen LogP contribution in [-0.4, -0.2) is 22.1 Å². The fourth-order valence-electron chi connectivity index (χ4n) is 2.45. The summed E-state index contributed by atoms with van der Waals surface area (Å²) in [6.07, 6.45) is 3.28. The van der Waals surface area contributed by atoms with Crippen molar-refractivity contribution in [1.29, 1.82) is 0 Å². The van der Waals surface area contributed by atoms with Crippen LogP contribution in [0.25, 0.3) is 11.0 Å². The molecule has 0 spiro atoms. The highest BCUT2D eigenvalue weighted by Gasteiger charge is 2.06. The van der Waals surface area contributed by atoms with Crippen LogP contribution in [0.4, 0.5) is 0 Å². The Hall–Kier alpha value is -1.35. The molecule has 0 bridgehead atoms. The molecule has 0 amide bonds. The van der Waals surface area contributed by atoms with Crippen molar-refractivity contribution in [2.45, 2.75) is 46.1 Å². The zero-order valence-electron chi connectivity index (χ0n) is 12.5. The highest BCUT2D eigenvalue weighted by molar-refractivity contribution is 5.76. The van der Waals surface area contributed by atoms with Gasteiger partial charge in [-0.1, -0.05) is 26.8 Å². The maximum Gasteiger partial charge on any atom is 0.109 e. The fourth-order valence-corrected chi connectivity index (χ4v) is 2.45. The normalized spacial score (nSPS) is 11.6. The summed E-state index contributed by atoms with van der Waals surface area (Å²) < 4.78 is 2.19. The van der Waals surface area contributed by atoms with Gasteiger partial charge in [-0.2, -0.15) is 0 Å². The minimum absolute atomic E-state index is 0.574. The molecule has 0 saturated carbocycles. The molecular formula is C16H25N3. The molecule has 0 aliphatic rings. The van der Waals surface area contributed by atoms with Crippen LogP contribution in [0.1, 0.15) is 38.6 Å². The molecule has 2 aromatic rings. The van der Waals surface area contributed by atoms with Crippen LogP contribution < -0.4 is 5.32 Å². The predicted octanol–water partition coefficient (Wildman–Crippen LogP) is 3.07. The zero-order chi connectivity index (χ0) is 13.8. The summed E-state index contributed by atoms with van der Waals surface area (Å²) in [4.78, 5) is 4.70. The molecule has 3 heteroatoms. The summed E-state index contributed by atoms with van der Waals surface area (Å²) in [5.74, 6) is 1.16. The molecule has 1 aromatic carbocycles. The van der Waals surface area contributed by atoms with E-state index >= 15 is 0 Å². The quantitative estimate of drug-likeness (QED) is 0.808. The fraction of sp³-hybridized carbons (Fsp3) is 0.562. The van der Waals surface area contributed by atoms with E-state index in [1.54, 1.807) is 0 Å². The molecule has 0 unspecified atom stereocenters. The number of hydrogen-bond donors (Lipinski definition) is 1. The van der Waals surface area contributed by atoms with Gasteiger partial charge in [0, 0.05) is 19.5 Å². The molecule has 104 valence electrons. The summed E-state index contributed by atoms with van der Waals surface area (Å²) in [5.41, 5.74) is 3.76. The number of imidazole rings is 1. The Morgan fingerprint density at radius 3 is 2.79 bits per heavy atom. The smallest absolute Gasteiger partial charge is 0.109 e. The highest BCUT2D eigenvalue weighted by atomic mass is 15.1. The topological polar surface area (TPSA) is 29.9 Å². The van der Waals surface area contributed by atoms with Gasteiger partial charge < -0.3 is 9.88 Å². The minimum atomic E-state index is 0.574. The standard InChI is InChI=1S/C16H25N3/c1-5-16-18-14-11-13(7-6-10-17-12(2)3)8-9-15(14)19(16)4/h8-9,11-12,17H,5-7,10H2,1-4H3. The lowest BCUT2D eigenvalue weighted by molar-refractivity contribution is 0.570. The van der Waals surface area contributed by atoms with E-state index in [2.05, 4.69) is 55.9 Å². The van der Waals surface area contributed by atoms with E-state index in [0.717, 1.165) is 30.7 Å². The van der Waals surface area contributed by atoms with E-state index in [1.807, 2.05) is 0 Å². The van der Waals surface area contributed by atoms with E-state index in [-0.39, 0.29) is 0 Å². The molecular weight excluding hydrogens is 234 g/mol. The summed E-state index contributed by atoms with van der Waals surface area (Å²) in [6.45, 7) is 7.61. The number of nitrogens with zero attached hydrogens (tertiary/aromatic N) is 2. The molecule has 0 saturated heterocycles. The van der Waals surface area contributed by atoms with Gasteiger partial charge in [0.2, 0.25) is 0 Å². The van der Waals surface area contributed by atoms with Gasteiger partial charge >= 0.3 is 0 Å². The van der Waals surface area contributed by atoms with E-state index in [0.29, 0.717) is 6.04 Å². The van der Waals surface area contributed by atoms with Gasteiger partial charge in [0.05, 0.1) is 11.0 Å². The third-order valence-electron chi connectivity index (χ3n) is 3.55. The van der Waals surface area contributed by atoms with Crippen molar-refractivity contribution in [2.75, 3.05) is 6.54 Å². The van der Waals surface area contributed by atoms with Crippen molar-refractivity contribution in [3.8, 4) is 0 Å². The molecule has 19 heavy (non-hydrogen) atoms. The lowest BCUT2D eigenvalue weighted by Crippen LogP contribution is -2.23. The number of rotatable bonds is 6. The second-order valence-corrected chi connectivity index (χ2v) is 5.48. The Morgan fingerprint density at radius 2 is 2.11 bits per heavy atom. The van der Waals surface area contributed by atoms with Crippen LogP contribution in [0.3, 0.4) is 0 Å². The van der Waals surface area contributed by atoms with Crippen molar-refractivity contribution in [2.24, 2.45) is 7.05 Å². The molecule has 0 radical (unpaired) electrons. The first kappa shape index (κ1) is 14.1. The third-order valence-corrected chi connectivity index (χ3v) is 3.55. The Kier molecular flexibility index (Phi) is 4.59. The van der Waals surface area contributed by atoms with E-state index in [1.165, 1.54) is 17.5 Å². The molecule has 1 heterocycles. The number of aromatic nitrogens is 2. The number of hydrogen-bond acceptors (Lipinski definition) is 2. The van der Waals surface area contributed by atoms with Gasteiger partial charge in [0.15, 0.2) is 0 Å². The Morgan fingerprint density at radius 1 is 1.32 bits per heavy atom. The van der Waals surface area contributed by atoms with Crippen LogP contribution in [0, 0.1) is 0 Å². The Balaban J connectivity index is 2.05. The van der Waals surface area contributed by atoms with Crippen molar-refractivity contribution in [3.63, 3.8) is 0 Å². The van der Waals surface area contributed by atoms with Gasteiger partial charge in [-0.25, -0.2) is 4.98 Å². The number of aryl methyl sites for hydroxylation is 3. The first-order chi connectivity index (χ1) is 9.11. The highest BCUT2D eigenvalue weighted by Crippen LogP contribution is 2.17. The number of benzene rings is 1. The van der Waals surface area contributed by atoms with E-state index in [4.69, 9.17) is 4.98 Å². The van der Waals surface area contributed by atoms with Gasteiger partial charge in [-0.3, -0.25) is 0 Å². The van der Waals surface area contributed by atoms with Crippen molar-refractivity contribution < 1.29 is 0 Å². The van der Waals surface area contributed by atoms with Crippen molar-refractivity contribution >= 4 is 11.0 Å². The van der Waals surface area contributed by atoms with Gasteiger partial charge in [0.25, 0.3) is 0 Å². The Bertz CT molecular complexity index is 540. The first-order valence-corrected chi connectivity index (χ1v) is 7.29. The van der Waals surface area contributed by atoms with Crippen molar-refractivity contribution in [3.05, 3.63) is 29.6 Å². The molecule has 2 rings (SSSR count). The lowest BCUT2D eigenvalue weighted by Gasteiger charge is -2.07. The van der Waals surface area contributed by atoms with Gasteiger partial charge in [0.1, 0.15) is 5.82 Å². The summed E-state index contributed by atoms with van der Waals surface area (Å²) in [5, 5.41) is 3.46. The monoisotopic (exact) mass is 259 g/mol. The van der Waals surface area contributed by atoms with Crippen molar-refractivity contribution in [1.82, 2.24) is 14.9 Å². The molecule has 0 aliphatic carbocycles. The first-order valence-electron chi connectivity index (χ1n) is 7.29. The lowest BCUT2D eigenvalue weighted by atomic mass is 10.1. The maximum absolute atomic E-state index is 4.70. The molecule has 1 N–H and O–H groups in total. The average Bonchev–Trinajstić information content (AvgIpc) is 2.71. The third kappa shape index (κ3) is 3.35. The zero-order valence-corrected chi connectivity index (χ0v) is 12.5. The average molecular weight is 259 g/mol. The molecule has 0 aliphatic heterocycles. The maximum atomic E-state index is 4.70. The second-order valence-electron chi connectivity index (χ2n) is 5.48. The largest absolute Gasteiger partial charge is 0.331 e. The summed E-state index contributed by atoms with van der Waals surface area (Å²) in [7, 11) is 2.10. The predicted molar refractivity (Wildman–Crippen MR) is 81.6 cm³/mol. The van der Waals surface area contributed by atoms with Gasteiger partial charge in [-0.05, 0) is 37.1 Å². The van der Waals surface area contributed by atoms with Crippen LogP contribution in [-0.2, 0) is 19.9 Å². The molecule has 1 aromatic heterocycles. The minimum Gasteiger partial charge on any atom is -0.331 e. The number of fused-ring (bicyclic) bond motifs is 1. The van der Waals surface area contributed by atoms with Crippen LogP contribution in [0.2, 0.25) is 0 Å². The summed E-state index contributed by atoms with van der Waals surface area (Å²) in [6, 6.07) is 7.25. The van der Waals surface area contributed by atoms with Crippen LogP contribution in [0.15, 0.2) is 18.2 Å². The number of nitrogens with one attached hydrogen (secondary N) is 1. The second kappa shape index (κ2) is 6.20. The molecule has 0 fully saturated rings. The van der Waals surface area contributed by atoms with E-state index in [9.17, 15) is 0 Å². The molecule has 3 nitrogen and oxygen atoms in total. The SMILES string of the molecule is CCc1nc2cc(CCCNC(C)C)ccc2n1C.